The van der Waals surface area contributed by atoms with Crippen LogP contribution in [0.3, 0.4) is 0 Å². The maximum Gasteiger partial charge on any atom is 0.319 e. The van der Waals surface area contributed by atoms with E-state index in [9.17, 15) is 14.4 Å². The van der Waals surface area contributed by atoms with Crippen LogP contribution < -0.4 is 16.0 Å². The van der Waals surface area contributed by atoms with Crippen LogP contribution in [0, 0.1) is 0 Å². The third kappa shape index (κ3) is 8.40. The molecular formula is C33H33N3O3. The van der Waals surface area contributed by atoms with Crippen molar-refractivity contribution in [2.24, 2.45) is 0 Å². The lowest BCUT2D eigenvalue weighted by Gasteiger charge is -2.22. The van der Waals surface area contributed by atoms with Crippen molar-refractivity contribution < 1.29 is 14.4 Å². The molecule has 0 saturated carbocycles. The Labute approximate surface area is 229 Å². The summed E-state index contributed by atoms with van der Waals surface area (Å²) in [5.74, 6) is -0.416. The van der Waals surface area contributed by atoms with E-state index < -0.39 is 12.1 Å². The number of amides is 3. The molecule has 0 aliphatic rings. The van der Waals surface area contributed by atoms with E-state index in [4.69, 9.17) is 0 Å². The van der Waals surface area contributed by atoms with Gasteiger partial charge >= 0.3 is 6.03 Å². The van der Waals surface area contributed by atoms with Crippen LogP contribution in [0.15, 0.2) is 115 Å². The lowest BCUT2D eigenvalue weighted by molar-refractivity contribution is -0.123. The maximum absolute atomic E-state index is 13.5. The Balaban J connectivity index is 1.50. The zero-order valence-corrected chi connectivity index (χ0v) is 22.0. The minimum Gasteiger partial charge on any atom is -0.348 e. The second-order valence-corrected chi connectivity index (χ2v) is 9.48. The fourth-order valence-electron chi connectivity index (χ4n) is 4.43. The number of urea groups is 1. The molecule has 0 spiro atoms. The summed E-state index contributed by atoms with van der Waals surface area (Å²) in [6.45, 7) is 1.48. The van der Waals surface area contributed by atoms with Crippen molar-refractivity contribution in [1.29, 1.82) is 0 Å². The molecule has 0 aromatic heterocycles. The Kier molecular flexibility index (Phi) is 9.62. The SMILES string of the molecule is CC(=O)/C=C/[C@H](CCc1ccccc1)NC(=O)[C@H](Cc1ccccc1)NC(=O)Nc1cccc2ccccc12. The van der Waals surface area contributed by atoms with E-state index in [1.807, 2.05) is 103 Å². The van der Waals surface area contributed by atoms with E-state index in [1.165, 1.54) is 13.0 Å². The van der Waals surface area contributed by atoms with Gasteiger partial charge in [0, 0.05) is 17.8 Å². The van der Waals surface area contributed by atoms with E-state index >= 15 is 0 Å². The summed E-state index contributed by atoms with van der Waals surface area (Å²) in [4.78, 5) is 38.3. The smallest absolute Gasteiger partial charge is 0.319 e. The van der Waals surface area contributed by atoms with Gasteiger partial charge in [0.1, 0.15) is 6.04 Å². The molecule has 4 aromatic carbocycles. The molecule has 0 fully saturated rings. The number of carbonyl (C=O) groups is 3. The fourth-order valence-corrected chi connectivity index (χ4v) is 4.43. The van der Waals surface area contributed by atoms with Crippen molar-refractivity contribution in [1.82, 2.24) is 10.6 Å². The molecule has 0 unspecified atom stereocenters. The average Bonchev–Trinajstić information content (AvgIpc) is 2.95. The van der Waals surface area contributed by atoms with Crippen molar-refractivity contribution in [2.75, 3.05) is 5.32 Å². The minimum absolute atomic E-state index is 0.0950. The predicted octanol–water partition coefficient (Wildman–Crippen LogP) is 5.84. The van der Waals surface area contributed by atoms with Gasteiger partial charge in [-0.1, -0.05) is 103 Å². The standard InChI is InChI=1S/C33H33N3O3/c1-24(37)19-21-28(22-20-25-11-4-2-5-12-25)34-32(38)31(23-26-13-6-3-7-14-26)36-33(39)35-30-18-10-16-27-15-8-9-17-29(27)30/h2-19,21,28,31H,20,22-23H2,1H3,(H,34,38)(H2,35,36,39)/b21-19+/t28-,31+/m1/s1. The summed E-state index contributed by atoms with van der Waals surface area (Å²) in [5.41, 5.74) is 2.72. The molecule has 4 aromatic rings. The van der Waals surface area contributed by atoms with Crippen LogP contribution >= 0.6 is 0 Å². The van der Waals surface area contributed by atoms with Gasteiger partial charge in [0.15, 0.2) is 5.78 Å². The first-order valence-electron chi connectivity index (χ1n) is 13.1. The molecule has 0 bridgehead atoms. The van der Waals surface area contributed by atoms with Gasteiger partial charge in [-0.05, 0) is 48.4 Å². The number of nitrogens with one attached hydrogen (secondary N) is 3. The number of anilines is 1. The molecule has 6 heteroatoms. The highest BCUT2D eigenvalue weighted by Gasteiger charge is 2.23. The summed E-state index contributed by atoms with van der Waals surface area (Å²) >= 11 is 0. The summed E-state index contributed by atoms with van der Waals surface area (Å²) in [6, 6.07) is 31.3. The molecule has 0 heterocycles. The highest BCUT2D eigenvalue weighted by atomic mass is 16.2. The zero-order chi connectivity index (χ0) is 27.5. The molecule has 0 aliphatic carbocycles. The van der Waals surface area contributed by atoms with Crippen LogP contribution in [0.2, 0.25) is 0 Å². The lowest BCUT2D eigenvalue weighted by Crippen LogP contribution is -2.51. The largest absolute Gasteiger partial charge is 0.348 e. The highest BCUT2D eigenvalue weighted by Crippen LogP contribution is 2.22. The molecular weight excluding hydrogens is 486 g/mol. The summed E-state index contributed by atoms with van der Waals surface area (Å²) in [7, 11) is 0. The number of benzene rings is 4. The minimum atomic E-state index is -0.827. The number of rotatable bonds is 11. The van der Waals surface area contributed by atoms with Crippen LogP contribution in [0.5, 0.6) is 0 Å². The van der Waals surface area contributed by atoms with Gasteiger partial charge in [-0.15, -0.1) is 0 Å². The van der Waals surface area contributed by atoms with Gasteiger partial charge in [0.05, 0.1) is 5.69 Å². The molecule has 3 amide bonds. The Hall–Kier alpha value is -4.71. The molecule has 198 valence electrons. The van der Waals surface area contributed by atoms with E-state index in [0.29, 0.717) is 18.5 Å². The monoisotopic (exact) mass is 519 g/mol. The van der Waals surface area contributed by atoms with Gasteiger partial charge in [-0.2, -0.15) is 0 Å². The third-order valence-electron chi connectivity index (χ3n) is 6.42. The third-order valence-corrected chi connectivity index (χ3v) is 6.42. The van der Waals surface area contributed by atoms with Crippen molar-refractivity contribution in [3.05, 3.63) is 126 Å². The second-order valence-electron chi connectivity index (χ2n) is 9.48. The summed E-state index contributed by atoms with van der Waals surface area (Å²) in [5, 5.41) is 10.7. The molecule has 2 atom stereocenters. The van der Waals surface area contributed by atoms with Gasteiger partial charge in [0.2, 0.25) is 5.91 Å². The van der Waals surface area contributed by atoms with Gasteiger partial charge in [-0.25, -0.2) is 4.79 Å². The number of hydrogen-bond donors (Lipinski definition) is 3. The number of aryl methyl sites for hydroxylation is 1. The first-order valence-corrected chi connectivity index (χ1v) is 13.1. The topological polar surface area (TPSA) is 87.3 Å². The quantitative estimate of drug-likeness (QED) is 0.218. The summed E-state index contributed by atoms with van der Waals surface area (Å²) in [6.07, 6.45) is 4.85. The summed E-state index contributed by atoms with van der Waals surface area (Å²) < 4.78 is 0. The molecule has 3 N–H and O–H groups in total. The number of allylic oxidation sites excluding steroid dienone is 1. The fraction of sp³-hybridized carbons (Fsp3) is 0.182. The Morgan fingerprint density at radius 1 is 0.744 bits per heavy atom. The molecule has 0 aliphatic heterocycles. The van der Waals surface area contributed by atoms with Gasteiger partial charge < -0.3 is 16.0 Å². The van der Waals surface area contributed by atoms with Crippen LogP contribution in [-0.4, -0.2) is 29.8 Å². The molecule has 4 rings (SSSR count). The van der Waals surface area contributed by atoms with E-state index in [-0.39, 0.29) is 17.7 Å². The van der Waals surface area contributed by atoms with Gasteiger partial charge in [-0.3, -0.25) is 9.59 Å². The van der Waals surface area contributed by atoms with Crippen molar-refractivity contribution >= 4 is 34.2 Å². The maximum atomic E-state index is 13.5. The Morgan fingerprint density at radius 2 is 1.38 bits per heavy atom. The lowest BCUT2D eigenvalue weighted by atomic mass is 10.0. The van der Waals surface area contributed by atoms with E-state index in [2.05, 4.69) is 16.0 Å². The van der Waals surface area contributed by atoms with Crippen LogP contribution in [0.4, 0.5) is 10.5 Å². The predicted molar refractivity (Wildman–Crippen MR) is 157 cm³/mol. The van der Waals surface area contributed by atoms with E-state index in [1.54, 1.807) is 6.08 Å². The zero-order valence-electron chi connectivity index (χ0n) is 22.0. The number of carbonyl (C=O) groups excluding carboxylic acids is 3. The highest BCUT2D eigenvalue weighted by molar-refractivity contribution is 6.02. The Morgan fingerprint density at radius 3 is 2.10 bits per heavy atom. The normalized spacial score (nSPS) is 12.5. The van der Waals surface area contributed by atoms with Crippen molar-refractivity contribution in [3.8, 4) is 0 Å². The second kappa shape index (κ2) is 13.7. The molecule has 6 nitrogen and oxygen atoms in total. The first-order chi connectivity index (χ1) is 19.0. The van der Waals surface area contributed by atoms with Gasteiger partial charge in [0.25, 0.3) is 0 Å². The number of hydrogen-bond acceptors (Lipinski definition) is 3. The molecule has 39 heavy (non-hydrogen) atoms. The first kappa shape index (κ1) is 27.3. The van der Waals surface area contributed by atoms with Crippen molar-refractivity contribution in [3.63, 3.8) is 0 Å². The van der Waals surface area contributed by atoms with E-state index in [0.717, 1.165) is 28.3 Å². The van der Waals surface area contributed by atoms with Crippen LogP contribution in [0.1, 0.15) is 24.5 Å². The molecule has 0 radical (unpaired) electrons. The van der Waals surface area contributed by atoms with Crippen LogP contribution in [-0.2, 0) is 22.4 Å². The van der Waals surface area contributed by atoms with Crippen molar-refractivity contribution in [2.45, 2.75) is 38.3 Å². The Bertz CT molecular complexity index is 1430. The number of ketones is 1. The molecule has 0 saturated heterocycles. The average molecular weight is 520 g/mol. The number of fused-ring (bicyclic) bond motifs is 1. The van der Waals surface area contributed by atoms with Crippen LogP contribution in [0.25, 0.3) is 10.8 Å².